The molecule has 1 aromatic carbocycles. The molecule has 0 bridgehead atoms. The summed E-state index contributed by atoms with van der Waals surface area (Å²) in [6.45, 7) is 0.564. The van der Waals surface area contributed by atoms with E-state index in [0.29, 0.717) is 22.9 Å². The fourth-order valence-corrected chi connectivity index (χ4v) is 2.39. The molecule has 0 unspecified atom stereocenters. The molecule has 5 heteroatoms. The minimum Gasteiger partial charge on any atom is -0.492 e. The molecule has 0 fully saturated rings. The summed E-state index contributed by atoms with van der Waals surface area (Å²) >= 11 is 11.7. The molecule has 0 amide bonds. The molecule has 92 valence electrons. The van der Waals surface area contributed by atoms with Gasteiger partial charge in [0.1, 0.15) is 5.75 Å². The van der Waals surface area contributed by atoms with Gasteiger partial charge in [0.25, 0.3) is 0 Å². The predicted octanol–water partition coefficient (Wildman–Crippen LogP) is 3.75. The summed E-state index contributed by atoms with van der Waals surface area (Å²) in [4.78, 5) is 12.3. The Morgan fingerprint density at radius 1 is 1.22 bits per heavy atom. The zero-order valence-electron chi connectivity index (χ0n) is 9.20. The van der Waals surface area contributed by atoms with Gasteiger partial charge in [-0.05, 0) is 41.4 Å². The number of carbonyl (C=O) groups is 1. The van der Waals surface area contributed by atoms with Gasteiger partial charge in [-0.2, -0.15) is 0 Å². The highest BCUT2D eigenvalue weighted by molar-refractivity contribution is 6.31. The maximum absolute atomic E-state index is 12.3. The Balaban J connectivity index is 2.10. The van der Waals surface area contributed by atoms with Crippen LogP contribution in [0.5, 0.6) is 5.75 Å². The van der Waals surface area contributed by atoms with Crippen LogP contribution in [0.2, 0.25) is 10.2 Å². The van der Waals surface area contributed by atoms with E-state index in [-0.39, 0.29) is 16.8 Å². The summed E-state index contributed by atoms with van der Waals surface area (Å²) in [7, 11) is 0. The molecule has 3 rings (SSSR count). The Morgan fingerprint density at radius 2 is 2.06 bits per heavy atom. The van der Waals surface area contributed by atoms with Crippen LogP contribution in [0.25, 0.3) is 0 Å². The normalized spacial score (nSPS) is 13.2. The van der Waals surface area contributed by atoms with Gasteiger partial charge >= 0.3 is 0 Å². The lowest BCUT2D eigenvalue weighted by molar-refractivity contribution is 0.101. The second-order valence-electron chi connectivity index (χ2n) is 3.97. The van der Waals surface area contributed by atoms with Crippen LogP contribution in [-0.2, 0) is 6.42 Å². The van der Waals surface area contributed by atoms with Crippen LogP contribution in [0, 0.1) is 0 Å². The van der Waals surface area contributed by atoms with Gasteiger partial charge in [0.2, 0.25) is 5.78 Å². The molecule has 0 aliphatic carbocycles. The Hall–Kier alpha value is -1.45. The van der Waals surface area contributed by atoms with Gasteiger partial charge in [-0.1, -0.05) is 11.6 Å². The maximum atomic E-state index is 12.3. The summed E-state index contributed by atoms with van der Waals surface area (Å²) in [6, 6.07) is 6.47. The van der Waals surface area contributed by atoms with Crippen molar-refractivity contribution < 1.29 is 13.9 Å². The van der Waals surface area contributed by atoms with Crippen molar-refractivity contribution in [1.82, 2.24) is 0 Å². The molecule has 0 saturated heterocycles. The molecule has 1 aliphatic rings. The maximum Gasteiger partial charge on any atom is 0.232 e. The van der Waals surface area contributed by atoms with Crippen molar-refractivity contribution in [2.24, 2.45) is 0 Å². The molecule has 2 aromatic rings. The third-order valence-electron chi connectivity index (χ3n) is 2.79. The first-order chi connectivity index (χ1) is 8.65. The number of fused-ring (bicyclic) bond motifs is 1. The monoisotopic (exact) mass is 282 g/mol. The molecular weight excluding hydrogens is 275 g/mol. The van der Waals surface area contributed by atoms with Crippen LogP contribution < -0.4 is 4.74 Å². The van der Waals surface area contributed by atoms with Crippen LogP contribution in [-0.4, -0.2) is 12.4 Å². The van der Waals surface area contributed by atoms with E-state index in [0.717, 1.165) is 12.0 Å². The van der Waals surface area contributed by atoms with E-state index in [1.807, 2.05) is 6.07 Å². The summed E-state index contributed by atoms with van der Waals surface area (Å²) < 4.78 is 10.6. The number of ether oxygens (including phenoxy) is 1. The summed E-state index contributed by atoms with van der Waals surface area (Å²) in [5.41, 5.74) is 1.37. The van der Waals surface area contributed by atoms with Gasteiger partial charge in [0.05, 0.1) is 12.2 Å². The largest absolute Gasteiger partial charge is 0.492 e. The lowest BCUT2D eigenvalue weighted by Crippen LogP contribution is -2.02. The molecule has 0 N–H and O–H groups in total. The molecular formula is C13H8Cl2O3. The van der Waals surface area contributed by atoms with E-state index >= 15 is 0 Å². The topological polar surface area (TPSA) is 39.4 Å². The van der Waals surface area contributed by atoms with Gasteiger partial charge in [-0.15, -0.1) is 0 Å². The fraction of sp³-hybridized carbons (Fsp3) is 0.154. The molecule has 1 aromatic heterocycles. The van der Waals surface area contributed by atoms with Crippen LogP contribution in [0.4, 0.5) is 0 Å². The van der Waals surface area contributed by atoms with Crippen LogP contribution in [0.15, 0.2) is 28.7 Å². The third-order valence-corrected chi connectivity index (χ3v) is 3.21. The molecule has 3 nitrogen and oxygen atoms in total. The van der Waals surface area contributed by atoms with Crippen LogP contribution in [0.1, 0.15) is 21.7 Å². The number of hydrogen-bond donors (Lipinski definition) is 0. The van der Waals surface area contributed by atoms with E-state index in [4.69, 9.17) is 32.4 Å². The number of benzene rings is 1. The molecule has 0 spiro atoms. The summed E-state index contributed by atoms with van der Waals surface area (Å²) in [6.07, 6.45) is 0.759. The van der Waals surface area contributed by atoms with Crippen molar-refractivity contribution in [2.45, 2.75) is 6.42 Å². The first-order valence-electron chi connectivity index (χ1n) is 5.40. The second kappa shape index (κ2) is 4.34. The predicted molar refractivity (Wildman–Crippen MR) is 67.8 cm³/mol. The molecule has 0 saturated carbocycles. The average Bonchev–Trinajstić information content (AvgIpc) is 2.95. The average molecular weight is 283 g/mol. The van der Waals surface area contributed by atoms with E-state index in [1.165, 1.54) is 12.1 Å². The number of furan rings is 1. The fourth-order valence-electron chi connectivity index (χ4n) is 2.01. The molecule has 2 heterocycles. The van der Waals surface area contributed by atoms with Crippen LogP contribution in [0.3, 0.4) is 0 Å². The Kier molecular flexibility index (Phi) is 2.80. The highest BCUT2D eigenvalue weighted by Crippen LogP contribution is 2.34. The van der Waals surface area contributed by atoms with Crippen molar-refractivity contribution in [2.75, 3.05) is 6.61 Å². The number of rotatable bonds is 2. The standard InChI is InChI=1S/C13H8Cl2O3/c14-8-5-7-3-4-17-13(7)9(6-8)12(16)10-1-2-11(15)18-10/h1-2,5-6H,3-4H2. The Morgan fingerprint density at radius 3 is 2.78 bits per heavy atom. The lowest BCUT2D eigenvalue weighted by atomic mass is 10.0. The lowest BCUT2D eigenvalue weighted by Gasteiger charge is -2.06. The minimum absolute atomic E-state index is 0.179. The van der Waals surface area contributed by atoms with Crippen molar-refractivity contribution in [3.8, 4) is 5.75 Å². The summed E-state index contributed by atoms with van der Waals surface area (Å²) in [5, 5.41) is 0.693. The molecule has 0 radical (unpaired) electrons. The SMILES string of the molecule is O=C(c1ccc(Cl)o1)c1cc(Cl)cc2c1OCC2. The quantitative estimate of drug-likeness (QED) is 0.788. The number of hydrogen-bond acceptors (Lipinski definition) is 3. The number of halogens is 2. The smallest absolute Gasteiger partial charge is 0.232 e. The van der Waals surface area contributed by atoms with E-state index in [2.05, 4.69) is 0 Å². The number of ketones is 1. The van der Waals surface area contributed by atoms with E-state index in [9.17, 15) is 4.79 Å². The Labute approximate surface area is 113 Å². The highest BCUT2D eigenvalue weighted by Gasteiger charge is 2.24. The molecule has 0 atom stereocenters. The van der Waals surface area contributed by atoms with Gasteiger partial charge in [-0.3, -0.25) is 4.79 Å². The van der Waals surface area contributed by atoms with Gasteiger partial charge in [-0.25, -0.2) is 0 Å². The zero-order chi connectivity index (χ0) is 12.7. The van der Waals surface area contributed by atoms with Crippen molar-refractivity contribution in [3.05, 3.63) is 51.4 Å². The molecule has 1 aliphatic heterocycles. The minimum atomic E-state index is -0.275. The van der Waals surface area contributed by atoms with Crippen LogP contribution >= 0.6 is 23.2 Å². The summed E-state index contributed by atoms with van der Waals surface area (Å²) in [5.74, 6) is 0.499. The van der Waals surface area contributed by atoms with Crippen molar-refractivity contribution in [1.29, 1.82) is 0 Å². The van der Waals surface area contributed by atoms with Gasteiger partial charge in [0.15, 0.2) is 11.0 Å². The number of carbonyl (C=O) groups excluding carboxylic acids is 1. The van der Waals surface area contributed by atoms with Crippen molar-refractivity contribution >= 4 is 29.0 Å². The first kappa shape index (κ1) is 11.6. The first-order valence-corrected chi connectivity index (χ1v) is 6.16. The van der Waals surface area contributed by atoms with Gasteiger partial charge < -0.3 is 9.15 Å². The highest BCUT2D eigenvalue weighted by atomic mass is 35.5. The van der Waals surface area contributed by atoms with E-state index < -0.39 is 0 Å². The second-order valence-corrected chi connectivity index (χ2v) is 4.78. The Bertz CT molecular complexity index is 631. The zero-order valence-corrected chi connectivity index (χ0v) is 10.7. The van der Waals surface area contributed by atoms with Gasteiger partial charge in [0, 0.05) is 11.4 Å². The molecule has 18 heavy (non-hydrogen) atoms. The third kappa shape index (κ3) is 1.89. The van der Waals surface area contributed by atoms with E-state index in [1.54, 1.807) is 6.07 Å². The van der Waals surface area contributed by atoms with Crippen molar-refractivity contribution in [3.63, 3.8) is 0 Å².